The molecule has 1 rings (SSSR count). The molecule has 0 saturated heterocycles. The molecule has 0 aliphatic carbocycles. The lowest BCUT2D eigenvalue weighted by Crippen LogP contribution is -2.19. The van der Waals surface area contributed by atoms with Crippen molar-refractivity contribution < 1.29 is 5.11 Å². The van der Waals surface area contributed by atoms with E-state index in [0.717, 1.165) is 15.7 Å². The van der Waals surface area contributed by atoms with Crippen molar-refractivity contribution in [1.29, 1.82) is 5.26 Å². The second-order valence-corrected chi connectivity index (χ2v) is 4.18. The number of aliphatic hydroxyl groups excluding tert-OH is 1. The number of anilines is 1. The Hall–Kier alpha value is -1.05. The Morgan fingerprint density at radius 1 is 1.53 bits per heavy atom. The number of benzene rings is 1. The summed E-state index contributed by atoms with van der Waals surface area (Å²) in [6.45, 7) is 0.680. The standard InChI is InChI=1S/C11H13BrN2O/c1-14(6-2-5-13)11-7-10(12)4-3-9(11)8-15/h3-4,7,15H,2,6,8H2,1H3. The first-order valence-electron chi connectivity index (χ1n) is 4.66. The molecule has 0 atom stereocenters. The van der Waals surface area contributed by atoms with Crippen LogP contribution in [0.1, 0.15) is 12.0 Å². The summed E-state index contributed by atoms with van der Waals surface area (Å²) in [7, 11) is 1.91. The molecule has 0 heterocycles. The van der Waals surface area contributed by atoms with Crippen LogP contribution in [0.15, 0.2) is 22.7 Å². The van der Waals surface area contributed by atoms with E-state index in [4.69, 9.17) is 5.26 Å². The first-order valence-corrected chi connectivity index (χ1v) is 5.45. The number of rotatable bonds is 4. The third-order valence-corrected chi connectivity index (χ3v) is 2.68. The van der Waals surface area contributed by atoms with Gasteiger partial charge in [-0.3, -0.25) is 0 Å². The molecule has 4 heteroatoms. The number of nitriles is 1. The minimum Gasteiger partial charge on any atom is -0.392 e. The summed E-state index contributed by atoms with van der Waals surface area (Å²) in [4.78, 5) is 1.97. The fourth-order valence-corrected chi connectivity index (χ4v) is 1.71. The number of halogens is 1. The van der Waals surface area contributed by atoms with Crippen LogP contribution in [-0.2, 0) is 6.61 Å². The van der Waals surface area contributed by atoms with Crippen molar-refractivity contribution in [2.24, 2.45) is 0 Å². The third-order valence-electron chi connectivity index (χ3n) is 2.19. The highest BCUT2D eigenvalue weighted by molar-refractivity contribution is 9.10. The van der Waals surface area contributed by atoms with Gasteiger partial charge in [0.05, 0.1) is 19.1 Å². The molecule has 0 spiro atoms. The van der Waals surface area contributed by atoms with Crippen molar-refractivity contribution >= 4 is 21.6 Å². The smallest absolute Gasteiger partial charge is 0.0702 e. The molecule has 0 amide bonds. The van der Waals surface area contributed by atoms with Crippen LogP contribution in [-0.4, -0.2) is 18.7 Å². The van der Waals surface area contributed by atoms with Gasteiger partial charge in [-0.2, -0.15) is 5.26 Å². The lowest BCUT2D eigenvalue weighted by Gasteiger charge is -2.21. The van der Waals surface area contributed by atoms with Crippen molar-refractivity contribution in [1.82, 2.24) is 0 Å². The Morgan fingerprint density at radius 3 is 2.87 bits per heavy atom. The molecular formula is C11H13BrN2O. The second-order valence-electron chi connectivity index (χ2n) is 3.26. The fraction of sp³-hybridized carbons (Fsp3) is 0.364. The van der Waals surface area contributed by atoms with Crippen LogP contribution in [0, 0.1) is 11.3 Å². The van der Waals surface area contributed by atoms with Gasteiger partial charge in [-0.25, -0.2) is 0 Å². The maximum atomic E-state index is 9.18. The molecule has 3 nitrogen and oxygen atoms in total. The van der Waals surface area contributed by atoms with Gasteiger partial charge in [0.1, 0.15) is 0 Å². The van der Waals surface area contributed by atoms with Crippen molar-refractivity contribution in [2.45, 2.75) is 13.0 Å². The SMILES string of the molecule is CN(CCC#N)c1cc(Br)ccc1CO. The first kappa shape index (κ1) is 12.0. The number of nitrogens with zero attached hydrogens (tertiary/aromatic N) is 2. The Balaban J connectivity index is 2.90. The van der Waals surface area contributed by atoms with Crippen LogP contribution in [0.4, 0.5) is 5.69 Å². The highest BCUT2D eigenvalue weighted by Crippen LogP contribution is 2.24. The highest BCUT2D eigenvalue weighted by Gasteiger charge is 2.06. The molecule has 15 heavy (non-hydrogen) atoms. The van der Waals surface area contributed by atoms with Crippen LogP contribution in [0.3, 0.4) is 0 Å². The predicted molar refractivity (Wildman–Crippen MR) is 63.6 cm³/mol. The number of hydrogen-bond acceptors (Lipinski definition) is 3. The summed E-state index contributed by atoms with van der Waals surface area (Å²) in [5, 5.41) is 17.7. The van der Waals surface area contributed by atoms with E-state index in [9.17, 15) is 5.11 Å². The van der Waals surface area contributed by atoms with Gasteiger partial charge in [0.2, 0.25) is 0 Å². The normalized spacial score (nSPS) is 9.73. The maximum Gasteiger partial charge on any atom is 0.0702 e. The molecule has 80 valence electrons. The minimum absolute atomic E-state index is 0.0134. The largest absolute Gasteiger partial charge is 0.392 e. The quantitative estimate of drug-likeness (QED) is 0.912. The van der Waals surface area contributed by atoms with Crippen LogP contribution >= 0.6 is 15.9 Å². The van der Waals surface area contributed by atoms with E-state index >= 15 is 0 Å². The van der Waals surface area contributed by atoms with Gasteiger partial charge < -0.3 is 10.0 Å². The number of aliphatic hydroxyl groups is 1. The Kier molecular flexibility index (Phi) is 4.60. The molecule has 0 unspecified atom stereocenters. The summed E-state index contributed by atoms with van der Waals surface area (Å²) in [5.74, 6) is 0. The second kappa shape index (κ2) is 5.74. The molecule has 1 aromatic carbocycles. The summed E-state index contributed by atoms with van der Waals surface area (Å²) in [6.07, 6.45) is 0.480. The van der Waals surface area contributed by atoms with E-state index in [0.29, 0.717) is 13.0 Å². The Labute approximate surface area is 98.1 Å². The van der Waals surface area contributed by atoms with Gasteiger partial charge in [0.25, 0.3) is 0 Å². The van der Waals surface area contributed by atoms with E-state index < -0.39 is 0 Å². The minimum atomic E-state index is 0.0134. The summed E-state index contributed by atoms with van der Waals surface area (Å²) >= 11 is 3.39. The molecule has 0 fully saturated rings. The average molecular weight is 269 g/mol. The van der Waals surface area contributed by atoms with E-state index in [-0.39, 0.29) is 6.61 Å². The lowest BCUT2D eigenvalue weighted by molar-refractivity contribution is 0.282. The lowest BCUT2D eigenvalue weighted by atomic mass is 10.1. The van der Waals surface area contributed by atoms with E-state index in [1.165, 1.54) is 0 Å². The van der Waals surface area contributed by atoms with Gasteiger partial charge in [-0.05, 0) is 12.1 Å². The molecule has 0 saturated carbocycles. The maximum absolute atomic E-state index is 9.18. The van der Waals surface area contributed by atoms with Crippen molar-refractivity contribution in [2.75, 3.05) is 18.5 Å². The van der Waals surface area contributed by atoms with Crippen molar-refractivity contribution in [3.8, 4) is 6.07 Å². The highest BCUT2D eigenvalue weighted by atomic mass is 79.9. The van der Waals surface area contributed by atoms with Crippen molar-refractivity contribution in [3.63, 3.8) is 0 Å². The van der Waals surface area contributed by atoms with Gasteiger partial charge in [-0.15, -0.1) is 0 Å². The molecule has 1 N–H and O–H groups in total. The van der Waals surface area contributed by atoms with E-state index in [1.807, 2.05) is 30.1 Å². The van der Waals surface area contributed by atoms with Crippen LogP contribution in [0.5, 0.6) is 0 Å². The fourth-order valence-electron chi connectivity index (χ4n) is 1.36. The summed E-state index contributed by atoms with van der Waals surface area (Å²) in [6, 6.07) is 7.83. The zero-order valence-corrected chi connectivity index (χ0v) is 10.2. The average Bonchev–Trinajstić information content (AvgIpc) is 2.25. The van der Waals surface area contributed by atoms with Crippen LogP contribution < -0.4 is 4.90 Å². The molecule has 0 radical (unpaired) electrons. The number of hydrogen-bond donors (Lipinski definition) is 1. The predicted octanol–water partition coefficient (Wildman–Crippen LogP) is 2.29. The molecule has 0 aliphatic rings. The van der Waals surface area contributed by atoms with Crippen LogP contribution in [0.25, 0.3) is 0 Å². The van der Waals surface area contributed by atoms with E-state index in [2.05, 4.69) is 22.0 Å². The molecule has 0 bridgehead atoms. The summed E-state index contributed by atoms with van der Waals surface area (Å²) in [5.41, 5.74) is 1.83. The zero-order valence-electron chi connectivity index (χ0n) is 8.57. The third kappa shape index (κ3) is 3.22. The van der Waals surface area contributed by atoms with Crippen molar-refractivity contribution in [3.05, 3.63) is 28.2 Å². The Bertz CT molecular complexity index is 373. The zero-order chi connectivity index (χ0) is 11.3. The van der Waals surface area contributed by atoms with Crippen LogP contribution in [0.2, 0.25) is 0 Å². The first-order chi connectivity index (χ1) is 7.19. The monoisotopic (exact) mass is 268 g/mol. The van der Waals surface area contributed by atoms with Gasteiger partial charge >= 0.3 is 0 Å². The van der Waals surface area contributed by atoms with Gasteiger partial charge in [0.15, 0.2) is 0 Å². The molecule has 1 aromatic rings. The molecular weight excluding hydrogens is 256 g/mol. The van der Waals surface area contributed by atoms with Gasteiger partial charge in [-0.1, -0.05) is 22.0 Å². The molecule has 0 aliphatic heterocycles. The summed E-state index contributed by atoms with van der Waals surface area (Å²) < 4.78 is 0.971. The van der Waals surface area contributed by atoms with Gasteiger partial charge in [0, 0.05) is 29.3 Å². The topological polar surface area (TPSA) is 47.3 Å². The Morgan fingerprint density at radius 2 is 2.27 bits per heavy atom. The molecule has 0 aromatic heterocycles. The van der Waals surface area contributed by atoms with E-state index in [1.54, 1.807) is 0 Å².